The Morgan fingerprint density at radius 2 is 1.86 bits per heavy atom. The van der Waals surface area contributed by atoms with Crippen LogP contribution in [0.4, 0.5) is 0 Å². The van der Waals surface area contributed by atoms with Gasteiger partial charge in [-0.25, -0.2) is 0 Å². The zero-order valence-electron chi connectivity index (χ0n) is 9.17. The van der Waals surface area contributed by atoms with Crippen LogP contribution in [0.3, 0.4) is 0 Å². The van der Waals surface area contributed by atoms with E-state index in [1.165, 1.54) is 5.56 Å². The molecule has 1 aliphatic rings. The highest BCUT2D eigenvalue weighted by atomic mass is 16.6. The van der Waals surface area contributed by atoms with E-state index >= 15 is 0 Å². The fourth-order valence-corrected chi connectivity index (χ4v) is 1.41. The molecule has 2 nitrogen and oxygen atoms in total. The summed E-state index contributed by atoms with van der Waals surface area (Å²) in [5.74, 6) is 1.83. The molecule has 0 fully saturated rings. The number of hydrogen-bond acceptors (Lipinski definition) is 2. The van der Waals surface area contributed by atoms with Gasteiger partial charge in [-0.15, -0.1) is 0 Å². The van der Waals surface area contributed by atoms with Crippen molar-refractivity contribution in [2.24, 2.45) is 0 Å². The van der Waals surface area contributed by atoms with E-state index in [0.29, 0.717) is 13.2 Å². The number of aryl methyl sites for hydroxylation is 1. The van der Waals surface area contributed by atoms with Gasteiger partial charge in [0.2, 0.25) is 0 Å². The van der Waals surface area contributed by atoms with E-state index in [2.05, 4.69) is 13.0 Å². The van der Waals surface area contributed by atoms with Crippen LogP contribution < -0.4 is 9.47 Å². The predicted molar refractivity (Wildman–Crippen MR) is 58.2 cm³/mol. The molecule has 0 aromatic heterocycles. The number of ether oxygens (including phenoxy) is 2. The molecule has 1 aromatic carbocycles. The fourth-order valence-electron chi connectivity index (χ4n) is 1.41. The van der Waals surface area contributed by atoms with Crippen molar-refractivity contribution < 1.29 is 9.47 Å². The summed E-state index contributed by atoms with van der Waals surface area (Å²) in [5.41, 5.74) is 1.23. The first kappa shape index (κ1) is 10.9. The standard InChI is InChI=1S/C10H12O2.C2H6/c1-2-8-4-3-5-9-10(8)12-7-6-11-9;1-2/h3-5H,2,6-7H2,1H3;1-2H3. The van der Waals surface area contributed by atoms with Gasteiger partial charge >= 0.3 is 0 Å². The third-order valence-corrected chi connectivity index (χ3v) is 2.03. The summed E-state index contributed by atoms with van der Waals surface area (Å²) in [6.45, 7) is 7.46. The molecular formula is C12H18O2. The van der Waals surface area contributed by atoms with Crippen LogP contribution in [-0.4, -0.2) is 13.2 Å². The summed E-state index contributed by atoms with van der Waals surface area (Å²) in [5, 5.41) is 0. The van der Waals surface area contributed by atoms with E-state index in [1.54, 1.807) is 0 Å². The highest BCUT2D eigenvalue weighted by Crippen LogP contribution is 2.33. The first-order chi connectivity index (χ1) is 6.92. The fraction of sp³-hybridized carbons (Fsp3) is 0.500. The highest BCUT2D eigenvalue weighted by molar-refractivity contribution is 5.47. The van der Waals surface area contributed by atoms with E-state index in [4.69, 9.17) is 9.47 Å². The summed E-state index contributed by atoms with van der Waals surface area (Å²) in [6.07, 6.45) is 0.993. The maximum absolute atomic E-state index is 5.52. The minimum atomic E-state index is 0.667. The number of fused-ring (bicyclic) bond motifs is 1. The minimum Gasteiger partial charge on any atom is -0.486 e. The van der Waals surface area contributed by atoms with Gasteiger partial charge in [0, 0.05) is 0 Å². The summed E-state index contributed by atoms with van der Waals surface area (Å²) in [4.78, 5) is 0. The lowest BCUT2D eigenvalue weighted by Gasteiger charge is -2.20. The number of hydrogen-bond donors (Lipinski definition) is 0. The molecule has 0 atom stereocenters. The van der Waals surface area contributed by atoms with Crippen molar-refractivity contribution in [3.8, 4) is 11.5 Å². The lowest BCUT2D eigenvalue weighted by atomic mass is 10.1. The van der Waals surface area contributed by atoms with Crippen molar-refractivity contribution in [1.82, 2.24) is 0 Å². The summed E-state index contributed by atoms with van der Waals surface area (Å²) < 4.78 is 11.0. The maximum Gasteiger partial charge on any atom is 0.164 e. The van der Waals surface area contributed by atoms with Crippen LogP contribution in [0.15, 0.2) is 18.2 Å². The first-order valence-corrected chi connectivity index (χ1v) is 5.29. The number of rotatable bonds is 1. The van der Waals surface area contributed by atoms with Crippen LogP contribution in [-0.2, 0) is 6.42 Å². The second kappa shape index (κ2) is 5.53. The molecule has 1 aromatic rings. The van der Waals surface area contributed by atoms with Gasteiger partial charge in [0.25, 0.3) is 0 Å². The van der Waals surface area contributed by atoms with Gasteiger partial charge in [-0.05, 0) is 18.1 Å². The molecule has 0 spiro atoms. The molecule has 1 heterocycles. The van der Waals surface area contributed by atoms with Crippen LogP contribution in [0.5, 0.6) is 11.5 Å². The molecule has 1 aliphatic heterocycles. The van der Waals surface area contributed by atoms with Crippen LogP contribution in [0.25, 0.3) is 0 Å². The molecule has 2 rings (SSSR count). The molecule has 0 bridgehead atoms. The third kappa shape index (κ3) is 2.19. The van der Waals surface area contributed by atoms with Crippen molar-refractivity contribution in [1.29, 1.82) is 0 Å². The highest BCUT2D eigenvalue weighted by Gasteiger charge is 2.13. The number of benzene rings is 1. The van der Waals surface area contributed by atoms with Crippen LogP contribution >= 0.6 is 0 Å². The smallest absolute Gasteiger partial charge is 0.164 e. The number of para-hydroxylation sites is 1. The Kier molecular flexibility index (Phi) is 4.30. The van der Waals surface area contributed by atoms with Crippen LogP contribution in [0, 0.1) is 0 Å². The Hall–Kier alpha value is -1.18. The molecule has 0 saturated heterocycles. The van der Waals surface area contributed by atoms with E-state index in [9.17, 15) is 0 Å². The van der Waals surface area contributed by atoms with Gasteiger partial charge in [0.15, 0.2) is 11.5 Å². The van der Waals surface area contributed by atoms with Crippen molar-refractivity contribution >= 4 is 0 Å². The molecule has 0 radical (unpaired) electrons. The largest absolute Gasteiger partial charge is 0.486 e. The van der Waals surface area contributed by atoms with Gasteiger partial charge in [-0.1, -0.05) is 32.9 Å². The van der Waals surface area contributed by atoms with Gasteiger partial charge in [0.1, 0.15) is 13.2 Å². The Labute approximate surface area is 85.8 Å². The van der Waals surface area contributed by atoms with Gasteiger partial charge in [-0.3, -0.25) is 0 Å². The topological polar surface area (TPSA) is 18.5 Å². The van der Waals surface area contributed by atoms with E-state index < -0.39 is 0 Å². The molecule has 0 aliphatic carbocycles. The second-order valence-corrected chi connectivity index (χ2v) is 2.79. The Morgan fingerprint density at radius 1 is 1.14 bits per heavy atom. The minimum absolute atomic E-state index is 0.667. The molecular weight excluding hydrogens is 176 g/mol. The average Bonchev–Trinajstić information content (AvgIpc) is 2.31. The summed E-state index contributed by atoms with van der Waals surface area (Å²) >= 11 is 0. The maximum atomic E-state index is 5.52. The Bertz CT molecular complexity index is 267. The van der Waals surface area contributed by atoms with Gasteiger partial charge in [-0.2, -0.15) is 0 Å². The first-order valence-electron chi connectivity index (χ1n) is 5.29. The van der Waals surface area contributed by atoms with Crippen molar-refractivity contribution in [2.45, 2.75) is 27.2 Å². The molecule has 2 heteroatoms. The van der Waals surface area contributed by atoms with Gasteiger partial charge in [0.05, 0.1) is 0 Å². The van der Waals surface area contributed by atoms with Crippen molar-refractivity contribution in [3.05, 3.63) is 23.8 Å². The monoisotopic (exact) mass is 194 g/mol. The molecule has 0 saturated carbocycles. The van der Waals surface area contributed by atoms with Crippen LogP contribution in [0.1, 0.15) is 26.3 Å². The molecule has 14 heavy (non-hydrogen) atoms. The molecule has 0 amide bonds. The second-order valence-electron chi connectivity index (χ2n) is 2.79. The molecule has 78 valence electrons. The zero-order chi connectivity index (χ0) is 10.4. The average molecular weight is 194 g/mol. The Morgan fingerprint density at radius 3 is 2.57 bits per heavy atom. The lowest BCUT2D eigenvalue weighted by molar-refractivity contribution is 0.170. The molecule has 0 unspecified atom stereocenters. The van der Waals surface area contributed by atoms with Crippen LogP contribution in [0.2, 0.25) is 0 Å². The quantitative estimate of drug-likeness (QED) is 0.684. The van der Waals surface area contributed by atoms with Crippen molar-refractivity contribution in [2.75, 3.05) is 13.2 Å². The SMILES string of the molecule is CC.CCc1cccc2c1OCCO2. The predicted octanol–water partition coefficient (Wildman–Crippen LogP) is 3.05. The van der Waals surface area contributed by atoms with E-state index in [0.717, 1.165) is 17.9 Å². The van der Waals surface area contributed by atoms with Crippen molar-refractivity contribution in [3.63, 3.8) is 0 Å². The van der Waals surface area contributed by atoms with Gasteiger partial charge < -0.3 is 9.47 Å². The Balaban J connectivity index is 0.000000461. The molecule has 0 N–H and O–H groups in total. The summed E-state index contributed by atoms with van der Waals surface area (Å²) in [7, 11) is 0. The summed E-state index contributed by atoms with van der Waals surface area (Å²) in [6, 6.07) is 6.04. The third-order valence-electron chi connectivity index (χ3n) is 2.03. The normalized spacial score (nSPS) is 12.8. The van der Waals surface area contributed by atoms with E-state index in [1.807, 2.05) is 26.0 Å². The zero-order valence-corrected chi connectivity index (χ0v) is 9.17. The lowest BCUT2D eigenvalue weighted by Crippen LogP contribution is -2.16. The van der Waals surface area contributed by atoms with E-state index in [-0.39, 0.29) is 0 Å².